The Bertz CT molecular complexity index is 584. The SMILES string of the molecule is O=C(Nc1ncccc1Br)c1c(Cl)cccc1Cl. The number of rotatable bonds is 2. The van der Waals surface area contributed by atoms with Crippen LogP contribution >= 0.6 is 39.1 Å². The highest BCUT2D eigenvalue weighted by atomic mass is 79.9. The molecule has 0 unspecified atom stereocenters. The lowest BCUT2D eigenvalue weighted by Crippen LogP contribution is -2.14. The number of amides is 1. The normalized spacial score (nSPS) is 10.2. The summed E-state index contributed by atoms with van der Waals surface area (Å²) in [5, 5.41) is 3.24. The fourth-order valence-electron chi connectivity index (χ4n) is 1.36. The molecular weight excluding hydrogens is 339 g/mol. The molecule has 0 aliphatic heterocycles. The molecule has 3 nitrogen and oxygen atoms in total. The van der Waals surface area contributed by atoms with Gasteiger partial charge in [0.1, 0.15) is 5.82 Å². The lowest BCUT2D eigenvalue weighted by Gasteiger charge is -2.08. The van der Waals surface area contributed by atoms with Crippen molar-refractivity contribution in [1.29, 1.82) is 0 Å². The van der Waals surface area contributed by atoms with E-state index in [0.29, 0.717) is 20.3 Å². The number of benzene rings is 1. The van der Waals surface area contributed by atoms with E-state index >= 15 is 0 Å². The number of carbonyl (C=O) groups is 1. The molecule has 92 valence electrons. The van der Waals surface area contributed by atoms with Crippen molar-refractivity contribution in [2.24, 2.45) is 0 Å². The highest BCUT2D eigenvalue weighted by Gasteiger charge is 2.15. The zero-order valence-electron chi connectivity index (χ0n) is 8.95. The average Bonchev–Trinajstić information content (AvgIpc) is 2.32. The highest BCUT2D eigenvalue weighted by Crippen LogP contribution is 2.26. The van der Waals surface area contributed by atoms with Gasteiger partial charge in [0.05, 0.1) is 20.1 Å². The minimum absolute atomic E-state index is 0.235. The van der Waals surface area contributed by atoms with Gasteiger partial charge in [0.15, 0.2) is 0 Å². The maximum absolute atomic E-state index is 12.1. The highest BCUT2D eigenvalue weighted by molar-refractivity contribution is 9.10. The second kappa shape index (κ2) is 5.69. The molecule has 0 saturated carbocycles. The molecule has 0 spiro atoms. The number of aromatic nitrogens is 1. The van der Waals surface area contributed by atoms with Crippen molar-refractivity contribution in [2.45, 2.75) is 0 Å². The molecule has 0 aliphatic carbocycles. The van der Waals surface area contributed by atoms with Gasteiger partial charge in [-0.1, -0.05) is 29.3 Å². The van der Waals surface area contributed by atoms with Crippen LogP contribution in [0.4, 0.5) is 5.82 Å². The Morgan fingerprint density at radius 2 is 1.83 bits per heavy atom. The zero-order chi connectivity index (χ0) is 13.1. The van der Waals surface area contributed by atoms with Crippen molar-refractivity contribution in [3.8, 4) is 0 Å². The summed E-state index contributed by atoms with van der Waals surface area (Å²) in [5.74, 6) is 0.0171. The third-order valence-electron chi connectivity index (χ3n) is 2.18. The molecule has 1 amide bonds. The molecule has 1 aromatic carbocycles. The molecule has 6 heteroatoms. The number of halogens is 3. The standard InChI is InChI=1S/C12H7BrCl2N2O/c13-7-3-2-6-16-11(7)17-12(18)10-8(14)4-1-5-9(10)15/h1-6H,(H,16,17,18). The third kappa shape index (κ3) is 2.83. The van der Waals surface area contributed by atoms with Gasteiger partial charge < -0.3 is 5.32 Å². The molecule has 2 rings (SSSR count). The number of hydrogen-bond acceptors (Lipinski definition) is 2. The molecule has 0 radical (unpaired) electrons. The van der Waals surface area contributed by atoms with Crippen LogP contribution in [0.5, 0.6) is 0 Å². The summed E-state index contributed by atoms with van der Waals surface area (Å²) < 4.78 is 0.682. The van der Waals surface area contributed by atoms with E-state index < -0.39 is 5.91 Å². The lowest BCUT2D eigenvalue weighted by atomic mass is 10.2. The summed E-state index contributed by atoms with van der Waals surface area (Å²) in [7, 11) is 0. The molecule has 0 atom stereocenters. The molecule has 0 fully saturated rings. The van der Waals surface area contributed by atoms with Crippen LogP contribution in [0, 0.1) is 0 Å². The van der Waals surface area contributed by atoms with E-state index in [2.05, 4.69) is 26.2 Å². The average molecular weight is 346 g/mol. The van der Waals surface area contributed by atoms with Crippen LogP contribution in [0.15, 0.2) is 41.0 Å². The van der Waals surface area contributed by atoms with Gasteiger partial charge in [0.25, 0.3) is 5.91 Å². The number of nitrogens with zero attached hydrogens (tertiary/aromatic N) is 1. The summed E-state index contributed by atoms with van der Waals surface area (Å²) in [5.41, 5.74) is 0.235. The van der Waals surface area contributed by atoms with Crippen LogP contribution in [0.2, 0.25) is 10.0 Å². The van der Waals surface area contributed by atoms with E-state index in [9.17, 15) is 4.79 Å². The maximum atomic E-state index is 12.1. The minimum Gasteiger partial charge on any atom is -0.306 e. The third-order valence-corrected chi connectivity index (χ3v) is 3.45. The van der Waals surface area contributed by atoms with Gasteiger partial charge in [-0.2, -0.15) is 0 Å². The first-order valence-electron chi connectivity index (χ1n) is 4.95. The summed E-state index contributed by atoms with van der Waals surface area (Å²) in [6.45, 7) is 0. The Balaban J connectivity index is 2.31. The smallest absolute Gasteiger partial charge is 0.259 e. The van der Waals surface area contributed by atoms with Gasteiger partial charge in [-0.3, -0.25) is 4.79 Å². The van der Waals surface area contributed by atoms with Crippen LogP contribution in [0.1, 0.15) is 10.4 Å². The second-order valence-corrected chi connectivity index (χ2v) is 5.05. The molecule has 0 bridgehead atoms. The van der Waals surface area contributed by atoms with Gasteiger partial charge in [0, 0.05) is 6.20 Å². The van der Waals surface area contributed by atoms with E-state index in [0.717, 1.165) is 0 Å². The van der Waals surface area contributed by atoms with Gasteiger partial charge in [-0.05, 0) is 40.2 Å². The van der Waals surface area contributed by atoms with Crippen LogP contribution in [-0.2, 0) is 0 Å². The molecule has 2 aromatic rings. The monoisotopic (exact) mass is 344 g/mol. The fraction of sp³-hybridized carbons (Fsp3) is 0. The summed E-state index contributed by atoms with van der Waals surface area (Å²) >= 11 is 15.2. The number of anilines is 1. The van der Waals surface area contributed by atoms with E-state index in [-0.39, 0.29) is 5.56 Å². The first-order chi connectivity index (χ1) is 8.59. The minimum atomic E-state index is -0.398. The molecule has 1 N–H and O–H groups in total. The quantitative estimate of drug-likeness (QED) is 0.876. The van der Waals surface area contributed by atoms with Crippen molar-refractivity contribution >= 4 is 50.9 Å². The molecule has 18 heavy (non-hydrogen) atoms. The number of carbonyl (C=O) groups excluding carboxylic acids is 1. The summed E-state index contributed by atoms with van der Waals surface area (Å²) in [6, 6.07) is 8.42. The van der Waals surface area contributed by atoms with Crippen LogP contribution in [-0.4, -0.2) is 10.9 Å². The predicted molar refractivity (Wildman–Crippen MR) is 76.4 cm³/mol. The predicted octanol–water partition coefficient (Wildman–Crippen LogP) is 4.40. The molecular formula is C12H7BrCl2N2O. The summed E-state index contributed by atoms with van der Waals surface area (Å²) in [4.78, 5) is 16.1. The summed E-state index contributed by atoms with van der Waals surface area (Å²) in [6.07, 6.45) is 1.58. The van der Waals surface area contributed by atoms with Gasteiger partial charge in [-0.15, -0.1) is 0 Å². The largest absolute Gasteiger partial charge is 0.306 e. The van der Waals surface area contributed by atoms with E-state index in [4.69, 9.17) is 23.2 Å². The number of nitrogens with one attached hydrogen (secondary N) is 1. The van der Waals surface area contributed by atoms with E-state index in [1.54, 1.807) is 36.5 Å². The van der Waals surface area contributed by atoms with Crippen molar-refractivity contribution in [3.05, 3.63) is 56.6 Å². The Morgan fingerprint density at radius 1 is 1.17 bits per heavy atom. The zero-order valence-corrected chi connectivity index (χ0v) is 12.1. The van der Waals surface area contributed by atoms with Crippen LogP contribution in [0.3, 0.4) is 0 Å². The van der Waals surface area contributed by atoms with E-state index in [1.807, 2.05) is 0 Å². The molecule has 1 aromatic heterocycles. The topological polar surface area (TPSA) is 42.0 Å². The van der Waals surface area contributed by atoms with Gasteiger partial charge >= 0.3 is 0 Å². The van der Waals surface area contributed by atoms with Crippen molar-refractivity contribution < 1.29 is 4.79 Å². The number of pyridine rings is 1. The van der Waals surface area contributed by atoms with Crippen LogP contribution in [0.25, 0.3) is 0 Å². The maximum Gasteiger partial charge on any atom is 0.259 e. The van der Waals surface area contributed by atoms with Crippen molar-refractivity contribution in [3.63, 3.8) is 0 Å². The van der Waals surface area contributed by atoms with E-state index in [1.165, 1.54) is 0 Å². The van der Waals surface area contributed by atoms with Crippen LogP contribution < -0.4 is 5.32 Å². The molecule has 0 saturated heterocycles. The molecule has 0 aliphatic rings. The first kappa shape index (κ1) is 13.3. The first-order valence-corrected chi connectivity index (χ1v) is 6.50. The van der Waals surface area contributed by atoms with Crippen molar-refractivity contribution in [1.82, 2.24) is 4.98 Å². The lowest BCUT2D eigenvalue weighted by molar-refractivity contribution is 0.102. The Kier molecular flexibility index (Phi) is 4.22. The number of hydrogen-bond donors (Lipinski definition) is 1. The van der Waals surface area contributed by atoms with Gasteiger partial charge in [-0.25, -0.2) is 4.98 Å². The second-order valence-electron chi connectivity index (χ2n) is 3.38. The van der Waals surface area contributed by atoms with Gasteiger partial charge in [0.2, 0.25) is 0 Å². The Hall–Kier alpha value is -1.10. The Morgan fingerprint density at radius 3 is 2.44 bits per heavy atom. The fourth-order valence-corrected chi connectivity index (χ4v) is 2.29. The molecule has 1 heterocycles. The van der Waals surface area contributed by atoms with Crippen molar-refractivity contribution in [2.75, 3.05) is 5.32 Å². The Labute approximate surface area is 122 Å².